The van der Waals surface area contributed by atoms with Crippen LogP contribution in [0.5, 0.6) is 0 Å². The Morgan fingerprint density at radius 1 is 1.00 bits per heavy atom. The van der Waals surface area contributed by atoms with E-state index in [1.165, 1.54) is 38.5 Å². The molecule has 0 heterocycles. The molecule has 0 bridgehead atoms. The lowest BCUT2D eigenvalue weighted by molar-refractivity contribution is 0.282. The Labute approximate surface area is 100 Å². The molecule has 0 aromatic carbocycles. The Kier molecular flexibility index (Phi) is 12.1. The maximum Gasteiger partial charge on any atom is 0.0431 e. The van der Waals surface area contributed by atoms with E-state index in [-0.39, 0.29) is 0 Å². The number of nitrogens with zero attached hydrogens (tertiary/aromatic N) is 1. The van der Waals surface area contributed by atoms with Crippen LogP contribution in [0.3, 0.4) is 0 Å². The molecule has 0 aliphatic heterocycles. The van der Waals surface area contributed by atoms with Gasteiger partial charge in [0, 0.05) is 26.7 Å². The molecule has 0 saturated heterocycles. The van der Waals surface area contributed by atoms with Gasteiger partial charge in [-0.3, -0.25) is 0 Å². The van der Waals surface area contributed by atoms with Crippen molar-refractivity contribution in [2.75, 3.05) is 26.7 Å². The van der Waals surface area contributed by atoms with E-state index >= 15 is 0 Å². The molecule has 0 fully saturated rings. The zero-order valence-corrected chi connectivity index (χ0v) is 10.7. The average Bonchev–Trinajstić information content (AvgIpc) is 2.30. The van der Waals surface area contributed by atoms with Crippen molar-refractivity contribution < 1.29 is 5.11 Å². The van der Waals surface area contributed by atoms with Gasteiger partial charge in [-0.2, -0.15) is 0 Å². The lowest BCUT2D eigenvalue weighted by atomic mass is 10.1. The van der Waals surface area contributed by atoms with Gasteiger partial charge in [0.05, 0.1) is 0 Å². The number of nitrogens with two attached hydrogens (primary N) is 1. The van der Waals surface area contributed by atoms with Gasteiger partial charge in [0.15, 0.2) is 0 Å². The standard InChI is InChI=1S/C13H28N2O/c1-15(12-9-10-14)11-7-5-3-2-4-6-8-13-16/h9,12,16H,2-8,10-11,13-14H2,1H3. The fourth-order valence-corrected chi connectivity index (χ4v) is 1.67. The summed E-state index contributed by atoms with van der Waals surface area (Å²) in [4.78, 5) is 2.19. The lowest BCUT2D eigenvalue weighted by Gasteiger charge is -2.13. The summed E-state index contributed by atoms with van der Waals surface area (Å²) >= 11 is 0. The Bertz CT molecular complexity index is 160. The zero-order chi connectivity index (χ0) is 12.1. The van der Waals surface area contributed by atoms with Crippen molar-refractivity contribution in [3.8, 4) is 0 Å². The van der Waals surface area contributed by atoms with Crippen LogP contribution in [0.25, 0.3) is 0 Å². The van der Waals surface area contributed by atoms with Gasteiger partial charge in [-0.25, -0.2) is 0 Å². The fourth-order valence-electron chi connectivity index (χ4n) is 1.67. The summed E-state index contributed by atoms with van der Waals surface area (Å²) in [5, 5.41) is 8.62. The quantitative estimate of drug-likeness (QED) is 0.533. The largest absolute Gasteiger partial charge is 0.396 e. The molecule has 3 nitrogen and oxygen atoms in total. The van der Waals surface area contributed by atoms with Crippen LogP contribution in [-0.2, 0) is 0 Å². The summed E-state index contributed by atoms with van der Waals surface area (Å²) in [6, 6.07) is 0. The molecule has 96 valence electrons. The summed E-state index contributed by atoms with van der Waals surface area (Å²) < 4.78 is 0. The molecule has 3 heteroatoms. The van der Waals surface area contributed by atoms with E-state index in [2.05, 4.69) is 18.1 Å². The maximum absolute atomic E-state index is 8.62. The van der Waals surface area contributed by atoms with E-state index in [9.17, 15) is 0 Å². The molecule has 0 aromatic heterocycles. The van der Waals surface area contributed by atoms with Crippen LogP contribution in [0.1, 0.15) is 44.9 Å². The number of unbranched alkanes of at least 4 members (excludes halogenated alkanes) is 6. The predicted molar refractivity (Wildman–Crippen MR) is 70.2 cm³/mol. The monoisotopic (exact) mass is 228 g/mol. The number of aliphatic hydroxyl groups excluding tert-OH is 1. The van der Waals surface area contributed by atoms with E-state index in [0.717, 1.165) is 13.0 Å². The molecule has 3 N–H and O–H groups in total. The van der Waals surface area contributed by atoms with Crippen LogP contribution in [0.4, 0.5) is 0 Å². The first-order valence-electron chi connectivity index (χ1n) is 6.49. The maximum atomic E-state index is 8.62. The minimum Gasteiger partial charge on any atom is -0.396 e. The molecule has 0 rings (SSSR count). The fraction of sp³-hybridized carbons (Fsp3) is 0.846. The van der Waals surface area contributed by atoms with Crippen molar-refractivity contribution in [1.29, 1.82) is 0 Å². The first kappa shape index (κ1) is 15.5. The highest BCUT2D eigenvalue weighted by atomic mass is 16.2. The van der Waals surface area contributed by atoms with Crippen molar-refractivity contribution >= 4 is 0 Å². The van der Waals surface area contributed by atoms with Gasteiger partial charge in [0.25, 0.3) is 0 Å². The molecule has 0 spiro atoms. The SMILES string of the molecule is CN(C=CCN)CCCCCCCCCO. The van der Waals surface area contributed by atoms with Crippen LogP contribution < -0.4 is 5.73 Å². The molecule has 0 radical (unpaired) electrons. The summed E-state index contributed by atoms with van der Waals surface area (Å²) in [5.74, 6) is 0. The summed E-state index contributed by atoms with van der Waals surface area (Å²) in [6.45, 7) is 2.08. The smallest absolute Gasteiger partial charge is 0.0431 e. The second kappa shape index (κ2) is 12.5. The average molecular weight is 228 g/mol. The first-order chi connectivity index (χ1) is 7.81. The third kappa shape index (κ3) is 11.5. The highest BCUT2D eigenvalue weighted by Gasteiger charge is 1.93. The predicted octanol–water partition coefficient (Wildman–Crippen LogP) is 2.11. The second-order valence-electron chi connectivity index (χ2n) is 4.30. The molecule has 0 aliphatic carbocycles. The summed E-state index contributed by atoms with van der Waals surface area (Å²) in [5.41, 5.74) is 5.38. The van der Waals surface area contributed by atoms with Gasteiger partial charge in [-0.15, -0.1) is 0 Å². The van der Waals surface area contributed by atoms with E-state index < -0.39 is 0 Å². The highest BCUT2D eigenvalue weighted by molar-refractivity contribution is 4.81. The van der Waals surface area contributed by atoms with Crippen LogP contribution in [0.2, 0.25) is 0 Å². The molecular formula is C13H28N2O. The topological polar surface area (TPSA) is 49.5 Å². The second-order valence-corrected chi connectivity index (χ2v) is 4.30. The van der Waals surface area contributed by atoms with Crippen molar-refractivity contribution in [3.05, 3.63) is 12.3 Å². The molecule has 0 atom stereocenters. The Morgan fingerprint density at radius 3 is 2.12 bits per heavy atom. The van der Waals surface area contributed by atoms with Gasteiger partial charge in [0.1, 0.15) is 0 Å². The van der Waals surface area contributed by atoms with E-state index in [1.807, 2.05) is 6.08 Å². The molecule has 16 heavy (non-hydrogen) atoms. The van der Waals surface area contributed by atoms with Crippen LogP contribution in [-0.4, -0.2) is 36.8 Å². The van der Waals surface area contributed by atoms with Crippen LogP contribution >= 0.6 is 0 Å². The van der Waals surface area contributed by atoms with Gasteiger partial charge in [-0.1, -0.05) is 38.2 Å². The van der Waals surface area contributed by atoms with Gasteiger partial charge in [0.2, 0.25) is 0 Å². The minimum absolute atomic E-state index is 0.346. The zero-order valence-electron chi connectivity index (χ0n) is 10.7. The van der Waals surface area contributed by atoms with E-state index in [4.69, 9.17) is 10.8 Å². The molecular weight excluding hydrogens is 200 g/mol. The van der Waals surface area contributed by atoms with Crippen molar-refractivity contribution in [3.63, 3.8) is 0 Å². The molecule has 0 aromatic rings. The van der Waals surface area contributed by atoms with Crippen molar-refractivity contribution in [2.24, 2.45) is 5.73 Å². The van der Waals surface area contributed by atoms with Crippen molar-refractivity contribution in [2.45, 2.75) is 44.9 Å². The third-order valence-corrected chi connectivity index (χ3v) is 2.66. The Morgan fingerprint density at radius 2 is 1.56 bits per heavy atom. The Balaban J connectivity index is 3.11. The summed E-state index contributed by atoms with van der Waals surface area (Å²) in [6.07, 6.45) is 12.6. The van der Waals surface area contributed by atoms with E-state index in [1.54, 1.807) is 0 Å². The molecule has 0 aliphatic rings. The number of aliphatic hydroxyl groups is 1. The van der Waals surface area contributed by atoms with Gasteiger partial charge >= 0.3 is 0 Å². The van der Waals surface area contributed by atoms with Gasteiger partial charge < -0.3 is 15.7 Å². The summed E-state index contributed by atoms with van der Waals surface area (Å²) in [7, 11) is 2.09. The van der Waals surface area contributed by atoms with Crippen molar-refractivity contribution in [1.82, 2.24) is 4.90 Å². The normalized spacial score (nSPS) is 11.2. The van der Waals surface area contributed by atoms with E-state index in [0.29, 0.717) is 13.2 Å². The number of hydrogen-bond donors (Lipinski definition) is 2. The van der Waals surface area contributed by atoms with Gasteiger partial charge in [-0.05, 0) is 19.0 Å². The minimum atomic E-state index is 0.346. The first-order valence-corrected chi connectivity index (χ1v) is 6.49. The number of hydrogen-bond acceptors (Lipinski definition) is 3. The third-order valence-electron chi connectivity index (χ3n) is 2.66. The van der Waals surface area contributed by atoms with Crippen LogP contribution in [0, 0.1) is 0 Å². The lowest BCUT2D eigenvalue weighted by Crippen LogP contribution is -2.12. The molecule has 0 saturated carbocycles. The van der Waals surface area contributed by atoms with Crippen LogP contribution in [0.15, 0.2) is 12.3 Å². The number of rotatable bonds is 11. The molecule has 0 amide bonds. The highest BCUT2D eigenvalue weighted by Crippen LogP contribution is 2.07. The Hall–Kier alpha value is -0.540. The molecule has 0 unspecified atom stereocenters.